The van der Waals surface area contributed by atoms with Crippen molar-refractivity contribution >= 4 is 5.91 Å². The molecule has 2 heteroatoms. The highest BCUT2D eigenvalue weighted by Crippen LogP contribution is 2.59. The van der Waals surface area contributed by atoms with Crippen LogP contribution in [0.15, 0.2) is 48.5 Å². The molecule has 3 aliphatic rings. The largest absolute Gasteiger partial charge is 0.354 e. The second-order valence-electron chi connectivity index (χ2n) is 7.85. The molecule has 0 saturated carbocycles. The Labute approximate surface area is 150 Å². The number of carbonyl (C=O) groups excluding carboxylic acids is 1. The summed E-state index contributed by atoms with van der Waals surface area (Å²) in [6.45, 7) is 6.34. The van der Waals surface area contributed by atoms with Crippen LogP contribution in [0.1, 0.15) is 67.7 Å². The summed E-state index contributed by atoms with van der Waals surface area (Å²) in [5.41, 5.74) is 5.61. The maximum absolute atomic E-state index is 13.2. The van der Waals surface area contributed by atoms with Gasteiger partial charge >= 0.3 is 0 Å². The van der Waals surface area contributed by atoms with E-state index in [0.717, 1.165) is 12.8 Å². The van der Waals surface area contributed by atoms with Crippen LogP contribution in [0.5, 0.6) is 0 Å². The Morgan fingerprint density at radius 2 is 1.40 bits per heavy atom. The van der Waals surface area contributed by atoms with E-state index < -0.39 is 0 Å². The minimum Gasteiger partial charge on any atom is -0.354 e. The highest BCUT2D eigenvalue weighted by Gasteiger charge is 2.51. The first-order chi connectivity index (χ1) is 12.1. The third-order valence-electron chi connectivity index (χ3n) is 5.94. The highest BCUT2D eigenvalue weighted by molar-refractivity contribution is 5.83. The van der Waals surface area contributed by atoms with Crippen molar-refractivity contribution in [2.45, 2.75) is 51.5 Å². The molecule has 1 amide bonds. The monoisotopic (exact) mass is 333 g/mol. The zero-order chi connectivity index (χ0) is 17.6. The molecule has 2 atom stereocenters. The van der Waals surface area contributed by atoms with E-state index in [0.29, 0.717) is 11.8 Å². The SMILES string of the molecule is CCC[C@H]1C2c3ccccc3C(c3ccccc32)[C@@H]1C(=O)NC(C)C. The summed E-state index contributed by atoms with van der Waals surface area (Å²) >= 11 is 0. The molecule has 130 valence electrons. The lowest BCUT2D eigenvalue weighted by Gasteiger charge is -2.50. The third-order valence-corrected chi connectivity index (χ3v) is 5.94. The topological polar surface area (TPSA) is 29.1 Å². The molecule has 2 aromatic rings. The fourth-order valence-corrected chi connectivity index (χ4v) is 5.20. The molecule has 2 bridgehead atoms. The summed E-state index contributed by atoms with van der Waals surface area (Å²) in [5, 5.41) is 3.21. The summed E-state index contributed by atoms with van der Waals surface area (Å²) in [6.07, 6.45) is 2.21. The van der Waals surface area contributed by atoms with Crippen LogP contribution in [0.3, 0.4) is 0 Å². The Morgan fingerprint density at radius 3 is 1.84 bits per heavy atom. The van der Waals surface area contributed by atoms with Crippen molar-refractivity contribution in [1.29, 1.82) is 0 Å². The number of fused-ring (bicyclic) bond motifs is 1. The molecule has 0 spiro atoms. The van der Waals surface area contributed by atoms with Gasteiger partial charge < -0.3 is 5.32 Å². The highest BCUT2D eigenvalue weighted by atomic mass is 16.2. The van der Waals surface area contributed by atoms with Crippen molar-refractivity contribution in [1.82, 2.24) is 5.32 Å². The molecule has 5 rings (SSSR count). The number of carbonyl (C=O) groups is 1. The van der Waals surface area contributed by atoms with E-state index in [-0.39, 0.29) is 23.8 Å². The first-order valence-electron chi connectivity index (χ1n) is 9.61. The average Bonchev–Trinajstić information content (AvgIpc) is 2.61. The van der Waals surface area contributed by atoms with E-state index in [4.69, 9.17) is 0 Å². The van der Waals surface area contributed by atoms with Crippen molar-refractivity contribution in [3.63, 3.8) is 0 Å². The van der Waals surface area contributed by atoms with E-state index in [1.807, 2.05) is 0 Å². The normalized spacial score (nSPS) is 26.2. The smallest absolute Gasteiger partial charge is 0.224 e. The van der Waals surface area contributed by atoms with Gasteiger partial charge in [0.15, 0.2) is 0 Å². The lowest BCUT2D eigenvalue weighted by atomic mass is 9.53. The Morgan fingerprint density at radius 1 is 0.920 bits per heavy atom. The molecular formula is C23H27NO. The fraction of sp³-hybridized carbons (Fsp3) is 0.435. The molecule has 25 heavy (non-hydrogen) atoms. The molecule has 0 unspecified atom stereocenters. The molecular weight excluding hydrogens is 306 g/mol. The van der Waals surface area contributed by atoms with Crippen molar-refractivity contribution in [3.8, 4) is 0 Å². The van der Waals surface area contributed by atoms with Crippen molar-refractivity contribution < 1.29 is 4.79 Å². The van der Waals surface area contributed by atoms with E-state index in [2.05, 4.69) is 74.6 Å². The van der Waals surface area contributed by atoms with Gasteiger partial charge in [0, 0.05) is 17.9 Å². The second-order valence-corrected chi connectivity index (χ2v) is 7.85. The van der Waals surface area contributed by atoms with Crippen LogP contribution in [0.4, 0.5) is 0 Å². The van der Waals surface area contributed by atoms with Gasteiger partial charge in [-0.15, -0.1) is 0 Å². The standard InChI is InChI=1S/C23H27NO/c1-4-9-19-20-15-10-5-7-12-17(15)21(18-13-8-6-11-16(18)20)22(19)23(25)24-14(2)3/h5-8,10-14,19-22H,4,9H2,1-3H3,(H,24,25)/t19-,20?,21?,22+/m0/s1. The van der Waals surface area contributed by atoms with E-state index >= 15 is 0 Å². The van der Waals surface area contributed by atoms with Crippen LogP contribution in [-0.2, 0) is 4.79 Å². The Hall–Kier alpha value is -2.09. The Balaban J connectivity index is 1.90. The lowest BCUT2D eigenvalue weighted by molar-refractivity contribution is -0.128. The van der Waals surface area contributed by atoms with Gasteiger partial charge in [0.1, 0.15) is 0 Å². The predicted octanol–water partition coefficient (Wildman–Crippen LogP) is 4.83. The molecule has 2 nitrogen and oxygen atoms in total. The van der Waals surface area contributed by atoms with E-state index in [9.17, 15) is 4.79 Å². The van der Waals surface area contributed by atoms with Gasteiger partial charge in [-0.3, -0.25) is 4.79 Å². The van der Waals surface area contributed by atoms with Crippen LogP contribution in [0.25, 0.3) is 0 Å². The van der Waals surface area contributed by atoms with Crippen molar-refractivity contribution in [2.24, 2.45) is 11.8 Å². The van der Waals surface area contributed by atoms with Crippen molar-refractivity contribution in [2.75, 3.05) is 0 Å². The molecule has 1 N–H and O–H groups in total. The summed E-state index contributed by atoms with van der Waals surface area (Å²) in [5.74, 6) is 1.19. The van der Waals surface area contributed by atoms with Crippen molar-refractivity contribution in [3.05, 3.63) is 70.8 Å². The summed E-state index contributed by atoms with van der Waals surface area (Å²) in [4.78, 5) is 13.2. The first kappa shape index (κ1) is 16.4. The lowest BCUT2D eigenvalue weighted by Crippen LogP contribution is -2.48. The molecule has 0 aliphatic heterocycles. The number of hydrogen-bond donors (Lipinski definition) is 1. The van der Waals surface area contributed by atoms with E-state index in [1.54, 1.807) is 0 Å². The van der Waals surface area contributed by atoms with Gasteiger partial charge in [-0.2, -0.15) is 0 Å². The molecule has 0 aromatic heterocycles. The summed E-state index contributed by atoms with van der Waals surface area (Å²) in [6, 6.07) is 17.7. The Bertz CT molecular complexity index is 747. The Kier molecular flexibility index (Phi) is 4.15. The number of rotatable bonds is 4. The zero-order valence-corrected chi connectivity index (χ0v) is 15.3. The fourth-order valence-electron chi connectivity index (χ4n) is 5.20. The van der Waals surface area contributed by atoms with Crippen LogP contribution < -0.4 is 5.32 Å². The third kappa shape index (κ3) is 2.50. The van der Waals surface area contributed by atoms with Gasteiger partial charge in [-0.1, -0.05) is 61.9 Å². The minimum absolute atomic E-state index is 0.0390. The molecule has 0 radical (unpaired) electrons. The van der Waals surface area contributed by atoms with E-state index in [1.165, 1.54) is 22.3 Å². The first-order valence-corrected chi connectivity index (χ1v) is 9.61. The van der Waals surface area contributed by atoms with Gasteiger partial charge in [0.05, 0.1) is 5.92 Å². The van der Waals surface area contributed by atoms with Gasteiger partial charge in [-0.25, -0.2) is 0 Å². The molecule has 3 aliphatic carbocycles. The maximum atomic E-state index is 13.2. The maximum Gasteiger partial charge on any atom is 0.224 e. The van der Waals surface area contributed by atoms with Crippen LogP contribution in [0.2, 0.25) is 0 Å². The van der Waals surface area contributed by atoms with Gasteiger partial charge in [0.25, 0.3) is 0 Å². The molecule has 0 heterocycles. The number of benzene rings is 2. The average molecular weight is 333 g/mol. The van der Waals surface area contributed by atoms with Gasteiger partial charge in [-0.05, 0) is 48.4 Å². The minimum atomic E-state index is 0.0390. The molecule has 0 saturated heterocycles. The molecule has 0 fully saturated rings. The molecule has 2 aromatic carbocycles. The quantitative estimate of drug-likeness (QED) is 0.853. The number of hydrogen-bond acceptors (Lipinski definition) is 1. The van der Waals surface area contributed by atoms with Crippen LogP contribution in [0, 0.1) is 11.8 Å². The zero-order valence-electron chi connectivity index (χ0n) is 15.3. The van der Waals surface area contributed by atoms with Crippen LogP contribution in [-0.4, -0.2) is 11.9 Å². The second kappa shape index (κ2) is 6.33. The summed E-state index contributed by atoms with van der Waals surface area (Å²) < 4.78 is 0. The predicted molar refractivity (Wildman–Crippen MR) is 102 cm³/mol. The van der Waals surface area contributed by atoms with Gasteiger partial charge in [0.2, 0.25) is 5.91 Å². The van der Waals surface area contributed by atoms with Crippen LogP contribution >= 0.6 is 0 Å². The number of amides is 1. The summed E-state index contributed by atoms with van der Waals surface area (Å²) in [7, 11) is 0. The number of nitrogens with one attached hydrogen (secondary N) is 1.